The Labute approximate surface area is 152 Å². The number of carbonyl (C=O) groups excluding carboxylic acids is 1. The molecule has 1 N–H and O–H groups in total. The molecule has 1 aliphatic rings. The first-order valence-electron chi connectivity index (χ1n) is 8.85. The molecule has 0 bridgehead atoms. The van der Waals surface area contributed by atoms with Crippen molar-refractivity contribution in [1.82, 2.24) is 15.1 Å². The number of likely N-dealkylation sites (tertiary alicyclic amines) is 1. The molecule has 0 atom stereocenters. The average molecular weight is 344 g/mol. The number of amides is 1. The van der Waals surface area contributed by atoms with Gasteiger partial charge in [-0.25, -0.2) is 0 Å². The number of benzene rings is 2. The Morgan fingerprint density at radius 3 is 2.42 bits per heavy atom. The van der Waals surface area contributed by atoms with Crippen LogP contribution in [0, 0.1) is 0 Å². The van der Waals surface area contributed by atoms with Crippen molar-refractivity contribution in [3.05, 3.63) is 72.3 Å². The Kier molecular flexibility index (Phi) is 4.60. The van der Waals surface area contributed by atoms with Crippen molar-refractivity contribution in [1.29, 1.82) is 0 Å². The lowest BCUT2D eigenvalue weighted by Crippen LogP contribution is -2.27. The molecule has 0 spiro atoms. The number of anilines is 2. The predicted octanol–water partition coefficient (Wildman–Crippen LogP) is 4.12. The van der Waals surface area contributed by atoms with Crippen LogP contribution in [-0.2, 0) is 0 Å². The van der Waals surface area contributed by atoms with Gasteiger partial charge >= 0.3 is 0 Å². The maximum atomic E-state index is 12.5. The zero-order chi connectivity index (χ0) is 17.8. The molecule has 1 aromatic heterocycles. The van der Waals surface area contributed by atoms with E-state index < -0.39 is 0 Å². The molecule has 1 amide bonds. The summed E-state index contributed by atoms with van der Waals surface area (Å²) in [6.45, 7) is 1.70. The van der Waals surface area contributed by atoms with Crippen LogP contribution in [0.5, 0.6) is 0 Å². The molecule has 1 fully saturated rings. The minimum absolute atomic E-state index is 0.0941. The Hall–Kier alpha value is -3.21. The van der Waals surface area contributed by atoms with Crippen LogP contribution in [0.25, 0.3) is 11.3 Å². The molecule has 0 radical (unpaired) electrons. The van der Waals surface area contributed by atoms with Gasteiger partial charge in [0.05, 0.1) is 5.69 Å². The van der Waals surface area contributed by atoms with Crippen LogP contribution in [0.4, 0.5) is 11.5 Å². The fourth-order valence-corrected chi connectivity index (χ4v) is 3.14. The third kappa shape index (κ3) is 3.57. The van der Waals surface area contributed by atoms with Crippen molar-refractivity contribution in [3.8, 4) is 11.3 Å². The monoisotopic (exact) mass is 344 g/mol. The first kappa shape index (κ1) is 16.3. The van der Waals surface area contributed by atoms with E-state index >= 15 is 0 Å². The lowest BCUT2D eigenvalue weighted by molar-refractivity contribution is 0.0793. The van der Waals surface area contributed by atoms with Crippen LogP contribution >= 0.6 is 0 Å². The van der Waals surface area contributed by atoms with E-state index in [9.17, 15) is 4.79 Å². The molecule has 2 heterocycles. The quantitative estimate of drug-likeness (QED) is 0.773. The van der Waals surface area contributed by atoms with Crippen LogP contribution in [-0.4, -0.2) is 34.1 Å². The van der Waals surface area contributed by atoms with Gasteiger partial charge in [-0.15, -0.1) is 10.2 Å². The van der Waals surface area contributed by atoms with E-state index in [1.165, 1.54) is 0 Å². The van der Waals surface area contributed by atoms with Gasteiger partial charge in [0.15, 0.2) is 5.82 Å². The highest BCUT2D eigenvalue weighted by molar-refractivity contribution is 5.95. The van der Waals surface area contributed by atoms with Crippen LogP contribution in [0.15, 0.2) is 66.7 Å². The van der Waals surface area contributed by atoms with Gasteiger partial charge in [-0.3, -0.25) is 4.79 Å². The SMILES string of the molecule is O=C(c1cccc(Nc2ccc(-c3ccccc3)nn2)c1)N1CCCC1. The summed E-state index contributed by atoms with van der Waals surface area (Å²) in [4.78, 5) is 14.4. The third-order valence-electron chi connectivity index (χ3n) is 4.51. The van der Waals surface area contributed by atoms with E-state index in [0.717, 1.165) is 42.9 Å². The fraction of sp³-hybridized carbons (Fsp3) is 0.190. The maximum absolute atomic E-state index is 12.5. The molecule has 0 unspecified atom stereocenters. The summed E-state index contributed by atoms with van der Waals surface area (Å²) in [7, 11) is 0. The van der Waals surface area contributed by atoms with Gasteiger partial charge in [0, 0.05) is 29.9 Å². The minimum Gasteiger partial charge on any atom is -0.339 e. The maximum Gasteiger partial charge on any atom is 0.253 e. The molecule has 0 saturated carbocycles. The summed E-state index contributed by atoms with van der Waals surface area (Å²) in [6, 6.07) is 21.3. The molecule has 1 saturated heterocycles. The highest BCUT2D eigenvalue weighted by atomic mass is 16.2. The molecule has 26 heavy (non-hydrogen) atoms. The van der Waals surface area contributed by atoms with Gasteiger partial charge in [-0.2, -0.15) is 0 Å². The van der Waals surface area contributed by atoms with Gasteiger partial charge in [0.2, 0.25) is 0 Å². The zero-order valence-electron chi connectivity index (χ0n) is 14.4. The number of hydrogen-bond acceptors (Lipinski definition) is 4. The van der Waals surface area contributed by atoms with Crippen molar-refractivity contribution >= 4 is 17.4 Å². The van der Waals surface area contributed by atoms with E-state index in [1.807, 2.05) is 71.6 Å². The second-order valence-corrected chi connectivity index (χ2v) is 6.37. The summed E-state index contributed by atoms with van der Waals surface area (Å²) in [5, 5.41) is 11.7. The lowest BCUT2D eigenvalue weighted by Gasteiger charge is -2.15. The molecule has 5 nitrogen and oxygen atoms in total. The standard InChI is InChI=1S/C21H20N4O/c26-21(25-13-4-5-14-25)17-9-6-10-18(15-17)22-20-12-11-19(23-24-20)16-7-2-1-3-8-16/h1-3,6-12,15H,4-5,13-14H2,(H,22,24). The summed E-state index contributed by atoms with van der Waals surface area (Å²) in [5.74, 6) is 0.743. The fourth-order valence-electron chi connectivity index (χ4n) is 3.14. The molecule has 1 aliphatic heterocycles. The van der Waals surface area contributed by atoms with E-state index in [-0.39, 0.29) is 5.91 Å². The zero-order valence-corrected chi connectivity index (χ0v) is 14.4. The number of nitrogens with zero attached hydrogens (tertiary/aromatic N) is 3. The largest absolute Gasteiger partial charge is 0.339 e. The van der Waals surface area contributed by atoms with Crippen molar-refractivity contribution in [2.75, 3.05) is 18.4 Å². The number of carbonyl (C=O) groups is 1. The molecule has 5 heteroatoms. The molecule has 130 valence electrons. The molecule has 3 aromatic rings. The van der Waals surface area contributed by atoms with E-state index in [4.69, 9.17) is 0 Å². The number of nitrogens with one attached hydrogen (secondary N) is 1. The number of aromatic nitrogens is 2. The normalized spacial score (nSPS) is 13.6. The third-order valence-corrected chi connectivity index (χ3v) is 4.51. The Morgan fingerprint density at radius 2 is 1.69 bits per heavy atom. The van der Waals surface area contributed by atoms with Crippen LogP contribution in [0.2, 0.25) is 0 Å². The molecule has 2 aromatic carbocycles. The van der Waals surface area contributed by atoms with Gasteiger partial charge < -0.3 is 10.2 Å². The van der Waals surface area contributed by atoms with Crippen LogP contribution in [0.1, 0.15) is 23.2 Å². The van der Waals surface area contributed by atoms with Crippen molar-refractivity contribution in [3.63, 3.8) is 0 Å². The van der Waals surface area contributed by atoms with E-state index in [2.05, 4.69) is 15.5 Å². The van der Waals surface area contributed by atoms with E-state index in [1.54, 1.807) is 0 Å². The van der Waals surface area contributed by atoms with Gasteiger partial charge in [-0.1, -0.05) is 36.4 Å². The molecule has 4 rings (SSSR count). The summed E-state index contributed by atoms with van der Waals surface area (Å²) >= 11 is 0. The smallest absolute Gasteiger partial charge is 0.253 e. The van der Waals surface area contributed by atoms with Gasteiger partial charge in [0.25, 0.3) is 5.91 Å². The Bertz CT molecular complexity index is 887. The minimum atomic E-state index is 0.0941. The molecule has 0 aliphatic carbocycles. The second kappa shape index (κ2) is 7.35. The van der Waals surface area contributed by atoms with Crippen LogP contribution in [0.3, 0.4) is 0 Å². The molecular weight excluding hydrogens is 324 g/mol. The Morgan fingerprint density at radius 1 is 0.885 bits per heavy atom. The molecular formula is C21H20N4O. The summed E-state index contributed by atoms with van der Waals surface area (Å²) < 4.78 is 0. The van der Waals surface area contributed by atoms with Crippen molar-refractivity contribution < 1.29 is 4.79 Å². The van der Waals surface area contributed by atoms with Crippen molar-refractivity contribution in [2.45, 2.75) is 12.8 Å². The number of hydrogen-bond donors (Lipinski definition) is 1. The highest BCUT2D eigenvalue weighted by Gasteiger charge is 2.19. The first-order chi connectivity index (χ1) is 12.8. The van der Waals surface area contributed by atoms with Gasteiger partial charge in [-0.05, 0) is 43.2 Å². The Balaban J connectivity index is 1.49. The van der Waals surface area contributed by atoms with Gasteiger partial charge in [0.1, 0.15) is 0 Å². The first-order valence-corrected chi connectivity index (χ1v) is 8.85. The topological polar surface area (TPSA) is 58.1 Å². The summed E-state index contributed by atoms with van der Waals surface area (Å²) in [5.41, 5.74) is 3.39. The number of rotatable bonds is 4. The van der Waals surface area contributed by atoms with Crippen LogP contribution < -0.4 is 5.32 Å². The average Bonchev–Trinajstić information content (AvgIpc) is 3.24. The van der Waals surface area contributed by atoms with Crippen molar-refractivity contribution in [2.24, 2.45) is 0 Å². The highest BCUT2D eigenvalue weighted by Crippen LogP contribution is 2.21. The second-order valence-electron chi connectivity index (χ2n) is 6.37. The summed E-state index contributed by atoms with van der Waals surface area (Å²) in [6.07, 6.45) is 2.18. The lowest BCUT2D eigenvalue weighted by atomic mass is 10.1. The van der Waals surface area contributed by atoms with E-state index in [0.29, 0.717) is 11.4 Å². The predicted molar refractivity (Wildman–Crippen MR) is 102 cm³/mol.